The predicted octanol–water partition coefficient (Wildman–Crippen LogP) is 4.71. The summed E-state index contributed by atoms with van der Waals surface area (Å²) in [5, 5.41) is 3.18. The summed E-state index contributed by atoms with van der Waals surface area (Å²) >= 11 is 1.40. The van der Waals surface area contributed by atoms with Crippen LogP contribution in [0.15, 0.2) is 46.2 Å². The van der Waals surface area contributed by atoms with Gasteiger partial charge in [0.05, 0.1) is 0 Å². The number of benzene rings is 2. The van der Waals surface area contributed by atoms with Crippen molar-refractivity contribution in [3.8, 4) is 0 Å². The first-order chi connectivity index (χ1) is 10.2. The van der Waals surface area contributed by atoms with E-state index in [1.807, 2.05) is 19.2 Å². The second kappa shape index (κ2) is 6.16. The summed E-state index contributed by atoms with van der Waals surface area (Å²) < 4.78 is 27.6. The molecular weight excluding hydrogens is 288 g/mol. The third kappa shape index (κ3) is 3.11. The lowest BCUT2D eigenvalue weighted by atomic mass is 9.87. The van der Waals surface area contributed by atoms with Crippen molar-refractivity contribution < 1.29 is 8.78 Å². The van der Waals surface area contributed by atoms with Crippen molar-refractivity contribution in [2.45, 2.75) is 35.1 Å². The van der Waals surface area contributed by atoms with Gasteiger partial charge in [0, 0.05) is 21.4 Å². The van der Waals surface area contributed by atoms with Gasteiger partial charge in [0.25, 0.3) is 0 Å². The number of fused-ring (bicyclic) bond motifs is 1. The molecule has 0 spiro atoms. The lowest BCUT2D eigenvalue weighted by Gasteiger charge is -2.26. The molecule has 0 amide bonds. The molecule has 0 aromatic heterocycles. The van der Waals surface area contributed by atoms with Crippen LogP contribution in [0.3, 0.4) is 0 Å². The van der Waals surface area contributed by atoms with Crippen LogP contribution in [0.25, 0.3) is 0 Å². The summed E-state index contributed by atoms with van der Waals surface area (Å²) in [6.07, 6.45) is 2.94. The monoisotopic (exact) mass is 305 g/mol. The minimum Gasteiger partial charge on any atom is -0.313 e. The number of halogens is 2. The summed E-state index contributed by atoms with van der Waals surface area (Å²) in [6.45, 7) is 0. The number of hydrogen-bond acceptors (Lipinski definition) is 2. The van der Waals surface area contributed by atoms with E-state index < -0.39 is 0 Å². The second-order valence-electron chi connectivity index (χ2n) is 5.27. The summed E-state index contributed by atoms with van der Waals surface area (Å²) in [4.78, 5) is 1.61. The number of rotatable bonds is 3. The van der Waals surface area contributed by atoms with Gasteiger partial charge in [-0.1, -0.05) is 17.8 Å². The van der Waals surface area contributed by atoms with E-state index in [9.17, 15) is 8.78 Å². The van der Waals surface area contributed by atoms with Gasteiger partial charge < -0.3 is 5.32 Å². The molecule has 0 saturated carbocycles. The van der Waals surface area contributed by atoms with E-state index in [4.69, 9.17) is 0 Å². The molecule has 1 nitrogen and oxygen atoms in total. The molecule has 0 radical (unpaired) electrons. The fourth-order valence-electron chi connectivity index (χ4n) is 2.90. The number of nitrogens with one attached hydrogen (secondary N) is 1. The summed E-state index contributed by atoms with van der Waals surface area (Å²) in [7, 11) is 1.87. The van der Waals surface area contributed by atoms with Gasteiger partial charge in [-0.15, -0.1) is 0 Å². The van der Waals surface area contributed by atoms with Gasteiger partial charge in [-0.05, 0) is 62.2 Å². The lowest BCUT2D eigenvalue weighted by Crippen LogP contribution is -2.23. The van der Waals surface area contributed by atoms with E-state index in [0.29, 0.717) is 0 Å². The molecule has 2 aromatic rings. The molecule has 0 aliphatic heterocycles. The molecule has 0 bridgehead atoms. The topological polar surface area (TPSA) is 12.0 Å². The molecule has 1 aliphatic rings. The Balaban J connectivity index is 1.93. The number of aryl methyl sites for hydroxylation is 1. The first kappa shape index (κ1) is 14.5. The molecule has 21 heavy (non-hydrogen) atoms. The van der Waals surface area contributed by atoms with Crippen molar-refractivity contribution in [2.75, 3.05) is 7.05 Å². The molecule has 110 valence electrons. The first-order valence-electron chi connectivity index (χ1n) is 7.10. The highest BCUT2D eigenvalue weighted by Crippen LogP contribution is 2.36. The van der Waals surface area contributed by atoms with Crippen LogP contribution < -0.4 is 5.32 Å². The molecule has 1 N–H and O–H groups in total. The predicted molar refractivity (Wildman–Crippen MR) is 81.7 cm³/mol. The first-order valence-corrected chi connectivity index (χ1v) is 7.92. The standard InChI is InChI=1S/C17H17F2NS/c1-20-16-7-2-4-11-8-14(10-15(19)17(11)16)21-13-6-3-5-12(18)9-13/h3,5-6,8-10,16,20H,2,4,7H2,1H3. The molecule has 1 aliphatic carbocycles. The fraction of sp³-hybridized carbons (Fsp3) is 0.294. The minimum absolute atomic E-state index is 0.0990. The third-order valence-electron chi connectivity index (χ3n) is 3.86. The Morgan fingerprint density at radius 2 is 2.00 bits per heavy atom. The fourth-order valence-corrected chi connectivity index (χ4v) is 3.85. The molecule has 4 heteroatoms. The highest BCUT2D eigenvalue weighted by Gasteiger charge is 2.23. The van der Waals surface area contributed by atoms with Crippen LogP contribution in [0.5, 0.6) is 0 Å². The maximum absolute atomic E-state index is 14.4. The van der Waals surface area contributed by atoms with Gasteiger partial charge in [0.2, 0.25) is 0 Å². The maximum Gasteiger partial charge on any atom is 0.129 e. The van der Waals surface area contributed by atoms with Crippen LogP contribution in [0.1, 0.15) is 30.0 Å². The lowest BCUT2D eigenvalue weighted by molar-refractivity contribution is 0.464. The van der Waals surface area contributed by atoms with Crippen molar-refractivity contribution in [1.82, 2.24) is 5.32 Å². The van der Waals surface area contributed by atoms with Crippen molar-refractivity contribution >= 4 is 11.8 Å². The van der Waals surface area contributed by atoms with Gasteiger partial charge in [-0.3, -0.25) is 0 Å². The molecule has 1 unspecified atom stereocenters. The van der Waals surface area contributed by atoms with Crippen molar-refractivity contribution in [1.29, 1.82) is 0 Å². The molecule has 0 heterocycles. The van der Waals surface area contributed by atoms with Gasteiger partial charge >= 0.3 is 0 Å². The highest BCUT2D eigenvalue weighted by atomic mass is 32.2. The van der Waals surface area contributed by atoms with Crippen LogP contribution in [-0.4, -0.2) is 7.05 Å². The zero-order valence-corrected chi connectivity index (χ0v) is 12.6. The van der Waals surface area contributed by atoms with Gasteiger partial charge in [0.15, 0.2) is 0 Å². The van der Waals surface area contributed by atoms with Crippen molar-refractivity contribution in [3.05, 3.63) is 59.2 Å². The SMILES string of the molecule is CNC1CCCc2cc(Sc3cccc(F)c3)cc(F)c21. The van der Waals surface area contributed by atoms with Gasteiger partial charge in [-0.2, -0.15) is 0 Å². The average molecular weight is 305 g/mol. The van der Waals surface area contributed by atoms with E-state index >= 15 is 0 Å². The number of hydrogen-bond donors (Lipinski definition) is 1. The molecule has 2 aromatic carbocycles. The maximum atomic E-state index is 14.4. The minimum atomic E-state index is -0.270. The summed E-state index contributed by atoms with van der Waals surface area (Å²) in [6, 6.07) is 10.1. The molecule has 0 saturated heterocycles. The van der Waals surface area contributed by atoms with E-state index in [0.717, 1.165) is 40.2 Å². The van der Waals surface area contributed by atoms with Gasteiger partial charge in [0.1, 0.15) is 11.6 Å². The smallest absolute Gasteiger partial charge is 0.129 e. The quantitative estimate of drug-likeness (QED) is 0.881. The zero-order valence-electron chi connectivity index (χ0n) is 11.8. The Kier molecular flexibility index (Phi) is 4.27. The molecule has 0 fully saturated rings. The zero-order chi connectivity index (χ0) is 14.8. The van der Waals surface area contributed by atoms with Crippen LogP contribution in [0, 0.1) is 11.6 Å². The molecular formula is C17H17F2NS. The van der Waals surface area contributed by atoms with E-state index in [2.05, 4.69) is 5.32 Å². The van der Waals surface area contributed by atoms with E-state index in [-0.39, 0.29) is 17.7 Å². The normalized spacial score (nSPS) is 17.6. The van der Waals surface area contributed by atoms with Gasteiger partial charge in [-0.25, -0.2) is 8.78 Å². The van der Waals surface area contributed by atoms with Crippen LogP contribution in [-0.2, 0) is 6.42 Å². The Hall–Kier alpha value is -1.39. The van der Waals surface area contributed by atoms with Crippen molar-refractivity contribution in [2.24, 2.45) is 0 Å². The molecule has 1 atom stereocenters. The summed E-state index contributed by atoms with van der Waals surface area (Å²) in [5.41, 5.74) is 1.87. The van der Waals surface area contributed by atoms with Crippen LogP contribution >= 0.6 is 11.8 Å². The largest absolute Gasteiger partial charge is 0.313 e. The molecule has 3 rings (SSSR count). The van der Waals surface area contributed by atoms with Crippen molar-refractivity contribution in [3.63, 3.8) is 0 Å². The Morgan fingerprint density at radius 1 is 1.14 bits per heavy atom. The Labute approximate surface area is 127 Å². The third-order valence-corrected chi connectivity index (χ3v) is 4.82. The van der Waals surface area contributed by atoms with Crippen LogP contribution in [0.2, 0.25) is 0 Å². The highest BCUT2D eigenvalue weighted by molar-refractivity contribution is 7.99. The summed E-state index contributed by atoms with van der Waals surface area (Å²) in [5.74, 6) is -0.431. The average Bonchev–Trinajstić information content (AvgIpc) is 2.46. The Bertz CT molecular complexity index is 657. The second-order valence-corrected chi connectivity index (χ2v) is 6.42. The Morgan fingerprint density at radius 3 is 2.76 bits per heavy atom. The van der Waals surface area contributed by atoms with E-state index in [1.165, 1.54) is 23.9 Å². The van der Waals surface area contributed by atoms with Crippen LogP contribution in [0.4, 0.5) is 8.78 Å². The van der Waals surface area contributed by atoms with E-state index in [1.54, 1.807) is 12.1 Å².